The third-order valence-corrected chi connectivity index (χ3v) is 1.47. The lowest BCUT2D eigenvalue weighted by atomic mass is 10.4. The van der Waals surface area contributed by atoms with Crippen LogP contribution in [0, 0.1) is 0 Å². The fourth-order valence-corrected chi connectivity index (χ4v) is 0.910. The summed E-state index contributed by atoms with van der Waals surface area (Å²) in [6.45, 7) is 2.11. The summed E-state index contributed by atoms with van der Waals surface area (Å²) in [4.78, 5) is 10.8. The fraction of sp³-hybridized carbons (Fsp3) is 0.222. The van der Waals surface area contributed by atoms with Crippen LogP contribution in [0.2, 0.25) is 5.22 Å². The van der Waals surface area contributed by atoms with Crippen molar-refractivity contribution in [3.05, 3.63) is 29.2 Å². The summed E-state index contributed by atoms with van der Waals surface area (Å²) in [7, 11) is 0. The Kier molecular flexibility index (Phi) is 3.58. The number of furan rings is 1. The van der Waals surface area contributed by atoms with Crippen LogP contribution in [0.25, 0.3) is 6.08 Å². The number of halogens is 1. The molecule has 1 heterocycles. The molecule has 0 saturated heterocycles. The maximum Gasteiger partial charge on any atom is 0.330 e. The van der Waals surface area contributed by atoms with Crippen LogP contribution >= 0.6 is 11.6 Å². The molecule has 0 aromatic carbocycles. The minimum atomic E-state index is -0.393. The molecule has 0 fully saturated rings. The highest BCUT2D eigenvalue weighted by atomic mass is 35.5. The van der Waals surface area contributed by atoms with E-state index in [1.165, 1.54) is 12.2 Å². The maximum absolute atomic E-state index is 10.8. The van der Waals surface area contributed by atoms with Gasteiger partial charge in [0.1, 0.15) is 5.76 Å². The predicted molar refractivity (Wildman–Crippen MR) is 49.4 cm³/mol. The largest absolute Gasteiger partial charge is 0.463 e. The second-order valence-electron chi connectivity index (χ2n) is 2.23. The Morgan fingerprint density at radius 1 is 1.69 bits per heavy atom. The Bertz CT molecular complexity index is 314. The minimum Gasteiger partial charge on any atom is -0.463 e. The van der Waals surface area contributed by atoms with Crippen LogP contribution in [0.4, 0.5) is 0 Å². The highest BCUT2D eigenvalue weighted by molar-refractivity contribution is 6.28. The van der Waals surface area contributed by atoms with Crippen LogP contribution in [0.3, 0.4) is 0 Å². The average molecular weight is 201 g/mol. The zero-order valence-corrected chi connectivity index (χ0v) is 7.88. The van der Waals surface area contributed by atoms with Crippen molar-refractivity contribution in [3.8, 4) is 0 Å². The molecular formula is C9H9ClO3. The van der Waals surface area contributed by atoms with Crippen molar-refractivity contribution < 1.29 is 13.9 Å². The smallest absolute Gasteiger partial charge is 0.330 e. The molecule has 1 aromatic heterocycles. The number of rotatable bonds is 3. The molecule has 0 amide bonds. The Hall–Kier alpha value is -1.22. The van der Waals surface area contributed by atoms with Crippen molar-refractivity contribution in [1.29, 1.82) is 0 Å². The molecule has 0 bridgehead atoms. The highest BCUT2D eigenvalue weighted by Gasteiger charge is 1.97. The molecule has 0 unspecified atom stereocenters. The number of carbonyl (C=O) groups excluding carboxylic acids is 1. The molecule has 0 aliphatic rings. The van der Waals surface area contributed by atoms with E-state index in [-0.39, 0.29) is 0 Å². The highest BCUT2D eigenvalue weighted by Crippen LogP contribution is 2.14. The average Bonchev–Trinajstić information content (AvgIpc) is 2.49. The van der Waals surface area contributed by atoms with Gasteiger partial charge >= 0.3 is 5.97 Å². The summed E-state index contributed by atoms with van der Waals surface area (Å²) in [5, 5.41) is 0.295. The molecule has 0 aliphatic heterocycles. The quantitative estimate of drug-likeness (QED) is 0.556. The van der Waals surface area contributed by atoms with Crippen molar-refractivity contribution in [2.75, 3.05) is 6.61 Å². The van der Waals surface area contributed by atoms with E-state index in [9.17, 15) is 4.79 Å². The summed E-state index contributed by atoms with van der Waals surface area (Å²) < 4.78 is 9.65. The van der Waals surface area contributed by atoms with Gasteiger partial charge in [-0.1, -0.05) is 0 Å². The van der Waals surface area contributed by atoms with Crippen LogP contribution in [0.15, 0.2) is 22.6 Å². The zero-order chi connectivity index (χ0) is 9.68. The predicted octanol–water partition coefficient (Wildman–Crippen LogP) is 2.51. The van der Waals surface area contributed by atoms with Crippen LogP contribution in [0.1, 0.15) is 12.7 Å². The van der Waals surface area contributed by atoms with Gasteiger partial charge < -0.3 is 9.15 Å². The first kappa shape index (κ1) is 9.86. The molecule has 1 aromatic rings. The lowest BCUT2D eigenvalue weighted by molar-refractivity contribution is -0.137. The molecule has 0 spiro atoms. The molecule has 4 heteroatoms. The van der Waals surface area contributed by atoms with Crippen molar-refractivity contribution >= 4 is 23.6 Å². The summed E-state index contributed by atoms with van der Waals surface area (Å²) in [5.74, 6) is 0.132. The van der Waals surface area contributed by atoms with E-state index >= 15 is 0 Å². The topological polar surface area (TPSA) is 39.4 Å². The van der Waals surface area contributed by atoms with Gasteiger partial charge in [0.2, 0.25) is 0 Å². The second-order valence-corrected chi connectivity index (χ2v) is 2.60. The maximum atomic E-state index is 10.8. The molecule has 1 rings (SSSR count). The van der Waals surface area contributed by atoms with E-state index in [0.717, 1.165) is 0 Å². The first-order chi connectivity index (χ1) is 6.22. The first-order valence-electron chi connectivity index (χ1n) is 3.82. The second kappa shape index (κ2) is 4.72. The number of carbonyl (C=O) groups is 1. The molecule has 0 N–H and O–H groups in total. The molecular weight excluding hydrogens is 192 g/mol. The standard InChI is InChI=1S/C9H9ClO3/c1-2-12-9(11)6-4-7-3-5-8(10)13-7/h3-6H,2H2,1H3. The van der Waals surface area contributed by atoms with E-state index in [1.807, 2.05) is 0 Å². The van der Waals surface area contributed by atoms with Gasteiger partial charge in [0.25, 0.3) is 0 Å². The SMILES string of the molecule is CCOC(=O)C=Cc1ccc(Cl)o1. The minimum absolute atomic E-state index is 0.295. The van der Waals surface area contributed by atoms with Crippen molar-refractivity contribution in [2.45, 2.75) is 6.92 Å². The molecule has 3 nitrogen and oxygen atoms in total. The Labute approximate surface area is 80.9 Å². The van der Waals surface area contributed by atoms with E-state index in [4.69, 9.17) is 16.0 Å². The number of hydrogen-bond donors (Lipinski definition) is 0. The van der Waals surface area contributed by atoms with E-state index in [1.54, 1.807) is 19.1 Å². The zero-order valence-electron chi connectivity index (χ0n) is 7.12. The van der Waals surface area contributed by atoms with Crippen LogP contribution in [-0.2, 0) is 9.53 Å². The van der Waals surface area contributed by atoms with Gasteiger partial charge in [-0.2, -0.15) is 0 Å². The van der Waals surface area contributed by atoms with Crippen molar-refractivity contribution in [2.24, 2.45) is 0 Å². The lowest BCUT2D eigenvalue weighted by Gasteiger charge is -1.92. The Morgan fingerprint density at radius 2 is 2.46 bits per heavy atom. The van der Waals surface area contributed by atoms with Gasteiger partial charge in [0, 0.05) is 6.08 Å². The lowest BCUT2D eigenvalue weighted by Crippen LogP contribution is -1.98. The van der Waals surface area contributed by atoms with E-state index in [0.29, 0.717) is 17.6 Å². The normalized spacial score (nSPS) is 10.6. The van der Waals surface area contributed by atoms with Crippen LogP contribution in [-0.4, -0.2) is 12.6 Å². The van der Waals surface area contributed by atoms with Gasteiger partial charge in [-0.15, -0.1) is 0 Å². The third kappa shape index (κ3) is 3.34. The fourth-order valence-electron chi connectivity index (χ4n) is 0.758. The Balaban J connectivity index is 2.53. The summed E-state index contributed by atoms with van der Waals surface area (Å²) in [5.41, 5.74) is 0. The summed E-state index contributed by atoms with van der Waals surface area (Å²) in [6.07, 6.45) is 2.79. The first-order valence-corrected chi connectivity index (χ1v) is 4.20. The van der Waals surface area contributed by atoms with Gasteiger partial charge in [-0.25, -0.2) is 4.79 Å². The molecule has 0 aliphatic carbocycles. The van der Waals surface area contributed by atoms with Crippen molar-refractivity contribution in [3.63, 3.8) is 0 Å². The third-order valence-electron chi connectivity index (χ3n) is 1.26. The molecule has 0 saturated carbocycles. The van der Waals surface area contributed by atoms with Gasteiger partial charge in [0.05, 0.1) is 6.61 Å². The number of esters is 1. The molecule has 70 valence electrons. The summed E-state index contributed by atoms with van der Waals surface area (Å²) in [6, 6.07) is 3.27. The van der Waals surface area contributed by atoms with E-state index in [2.05, 4.69) is 4.74 Å². The van der Waals surface area contributed by atoms with Crippen LogP contribution < -0.4 is 0 Å². The summed E-state index contributed by atoms with van der Waals surface area (Å²) >= 11 is 5.52. The number of ether oxygens (including phenoxy) is 1. The molecule has 0 atom stereocenters. The molecule has 0 radical (unpaired) electrons. The van der Waals surface area contributed by atoms with E-state index < -0.39 is 5.97 Å². The van der Waals surface area contributed by atoms with Gasteiger partial charge in [-0.05, 0) is 36.7 Å². The monoisotopic (exact) mass is 200 g/mol. The van der Waals surface area contributed by atoms with Gasteiger partial charge in [-0.3, -0.25) is 0 Å². The van der Waals surface area contributed by atoms with Crippen molar-refractivity contribution in [1.82, 2.24) is 0 Å². The Morgan fingerprint density at radius 3 is 3.00 bits per heavy atom. The molecule has 13 heavy (non-hydrogen) atoms. The number of hydrogen-bond acceptors (Lipinski definition) is 3. The van der Waals surface area contributed by atoms with Crippen LogP contribution in [0.5, 0.6) is 0 Å². The van der Waals surface area contributed by atoms with Gasteiger partial charge in [0.15, 0.2) is 5.22 Å².